The molecule has 1 aliphatic rings. The van der Waals surface area contributed by atoms with E-state index in [1.165, 1.54) is 5.56 Å². The molecule has 20 heavy (non-hydrogen) atoms. The van der Waals surface area contributed by atoms with Crippen LogP contribution < -0.4 is 10.5 Å². The van der Waals surface area contributed by atoms with Gasteiger partial charge in [0, 0.05) is 19.3 Å². The van der Waals surface area contributed by atoms with Gasteiger partial charge in [0.1, 0.15) is 11.4 Å². The van der Waals surface area contributed by atoms with Gasteiger partial charge in [0.05, 0.1) is 0 Å². The fourth-order valence-electron chi connectivity index (χ4n) is 2.46. The molecule has 2 N–H and O–H groups in total. The Morgan fingerprint density at radius 2 is 1.70 bits per heavy atom. The van der Waals surface area contributed by atoms with Gasteiger partial charge < -0.3 is 15.2 Å². The minimum Gasteiger partial charge on any atom is -0.488 e. The monoisotopic (exact) mass is 299 g/mol. The smallest absolute Gasteiger partial charge is 0.120 e. The number of rotatable bonds is 3. The van der Waals surface area contributed by atoms with Crippen LogP contribution in [0.15, 0.2) is 24.3 Å². The lowest BCUT2D eigenvalue weighted by Crippen LogP contribution is -2.27. The number of halogens is 1. The molecule has 1 saturated heterocycles. The summed E-state index contributed by atoms with van der Waals surface area (Å²) >= 11 is 0. The van der Waals surface area contributed by atoms with Gasteiger partial charge in [-0.2, -0.15) is 0 Å². The fourth-order valence-corrected chi connectivity index (χ4v) is 2.46. The molecule has 0 aliphatic carbocycles. The molecule has 1 aliphatic heterocycles. The number of ether oxygens (including phenoxy) is 2. The van der Waals surface area contributed by atoms with Crippen molar-refractivity contribution in [3.63, 3.8) is 0 Å². The summed E-state index contributed by atoms with van der Waals surface area (Å²) < 4.78 is 11.2. The lowest BCUT2D eigenvalue weighted by atomic mass is 9.88. The standard InChI is InChI=1S/C16H25NO2.ClH/c1-16(2,3)19-14-6-4-12(5-7-14)15(17)13-8-10-18-11-9-13;/h4-7,13,15H,8-11,17H2,1-3H3;1H/t15-;/m0./s1. The fraction of sp³-hybridized carbons (Fsp3) is 0.625. The topological polar surface area (TPSA) is 44.5 Å². The van der Waals surface area contributed by atoms with Crippen molar-refractivity contribution >= 4 is 12.4 Å². The van der Waals surface area contributed by atoms with Crippen molar-refractivity contribution in [2.45, 2.75) is 45.3 Å². The molecule has 0 radical (unpaired) electrons. The first-order valence-electron chi connectivity index (χ1n) is 7.08. The van der Waals surface area contributed by atoms with Gasteiger partial charge in [-0.1, -0.05) is 12.1 Å². The molecular weight excluding hydrogens is 274 g/mol. The predicted molar refractivity (Wildman–Crippen MR) is 84.5 cm³/mol. The van der Waals surface area contributed by atoms with Crippen molar-refractivity contribution in [2.24, 2.45) is 11.7 Å². The Morgan fingerprint density at radius 3 is 2.20 bits per heavy atom. The molecule has 1 heterocycles. The van der Waals surface area contributed by atoms with Crippen molar-refractivity contribution in [1.29, 1.82) is 0 Å². The summed E-state index contributed by atoms with van der Waals surface area (Å²) in [5.41, 5.74) is 7.38. The predicted octanol–water partition coefficient (Wildman–Crippen LogP) is 3.71. The highest BCUT2D eigenvalue weighted by Crippen LogP contribution is 2.29. The van der Waals surface area contributed by atoms with Crippen LogP contribution in [0.5, 0.6) is 5.75 Å². The van der Waals surface area contributed by atoms with Crippen LogP contribution in [-0.2, 0) is 4.74 Å². The molecule has 0 spiro atoms. The SMILES string of the molecule is CC(C)(C)Oc1ccc([C@H](N)C2CCOCC2)cc1.Cl. The zero-order chi connectivity index (χ0) is 13.9. The minimum atomic E-state index is -0.162. The first kappa shape index (κ1) is 17.3. The Kier molecular flexibility index (Phi) is 6.31. The molecule has 1 aromatic carbocycles. The lowest BCUT2D eigenvalue weighted by Gasteiger charge is -2.28. The van der Waals surface area contributed by atoms with Gasteiger partial charge in [0.15, 0.2) is 0 Å². The second-order valence-corrected chi connectivity index (χ2v) is 6.26. The van der Waals surface area contributed by atoms with E-state index in [1.807, 2.05) is 12.1 Å². The Morgan fingerprint density at radius 1 is 1.15 bits per heavy atom. The van der Waals surface area contributed by atoms with Crippen molar-refractivity contribution in [1.82, 2.24) is 0 Å². The lowest BCUT2D eigenvalue weighted by molar-refractivity contribution is 0.0583. The summed E-state index contributed by atoms with van der Waals surface area (Å²) in [7, 11) is 0. The molecule has 0 aromatic heterocycles. The molecule has 4 heteroatoms. The van der Waals surface area contributed by atoms with Crippen molar-refractivity contribution in [3.8, 4) is 5.75 Å². The van der Waals surface area contributed by atoms with Crippen LogP contribution in [0.3, 0.4) is 0 Å². The van der Waals surface area contributed by atoms with Crippen molar-refractivity contribution in [3.05, 3.63) is 29.8 Å². The summed E-state index contributed by atoms with van der Waals surface area (Å²) in [6.45, 7) is 7.82. The van der Waals surface area contributed by atoms with Gasteiger partial charge in [0.2, 0.25) is 0 Å². The van der Waals surface area contributed by atoms with Crippen LogP contribution in [0.25, 0.3) is 0 Å². The van der Waals surface area contributed by atoms with E-state index >= 15 is 0 Å². The molecule has 0 unspecified atom stereocenters. The molecule has 1 atom stereocenters. The maximum absolute atomic E-state index is 6.35. The third-order valence-electron chi connectivity index (χ3n) is 3.46. The molecule has 3 nitrogen and oxygen atoms in total. The minimum absolute atomic E-state index is 0. The van der Waals surface area contributed by atoms with Gasteiger partial charge in [-0.3, -0.25) is 0 Å². The maximum atomic E-state index is 6.35. The number of hydrogen-bond donors (Lipinski definition) is 1. The van der Waals surface area contributed by atoms with E-state index < -0.39 is 0 Å². The van der Waals surface area contributed by atoms with Crippen molar-refractivity contribution in [2.75, 3.05) is 13.2 Å². The quantitative estimate of drug-likeness (QED) is 0.925. The molecular formula is C16H26ClNO2. The molecule has 1 fully saturated rings. The molecule has 2 rings (SSSR count). The third-order valence-corrected chi connectivity index (χ3v) is 3.46. The van der Waals surface area contributed by atoms with Crippen LogP contribution in [0.1, 0.15) is 45.2 Å². The van der Waals surface area contributed by atoms with E-state index in [-0.39, 0.29) is 24.0 Å². The van der Waals surface area contributed by atoms with Crippen LogP contribution >= 0.6 is 12.4 Å². The largest absolute Gasteiger partial charge is 0.488 e. The number of hydrogen-bond acceptors (Lipinski definition) is 3. The average molecular weight is 300 g/mol. The Labute approximate surface area is 128 Å². The summed E-state index contributed by atoms with van der Waals surface area (Å²) in [6, 6.07) is 8.30. The number of benzene rings is 1. The van der Waals surface area contributed by atoms with E-state index in [9.17, 15) is 0 Å². The molecule has 0 saturated carbocycles. The van der Waals surface area contributed by atoms with E-state index in [4.69, 9.17) is 15.2 Å². The Hall–Kier alpha value is -0.770. The first-order chi connectivity index (χ1) is 8.96. The highest BCUT2D eigenvalue weighted by molar-refractivity contribution is 5.85. The maximum Gasteiger partial charge on any atom is 0.120 e. The molecule has 0 amide bonds. The highest BCUT2D eigenvalue weighted by atomic mass is 35.5. The van der Waals surface area contributed by atoms with Crippen molar-refractivity contribution < 1.29 is 9.47 Å². The van der Waals surface area contributed by atoms with Crippen LogP contribution in [0.2, 0.25) is 0 Å². The van der Waals surface area contributed by atoms with Crippen LogP contribution in [-0.4, -0.2) is 18.8 Å². The van der Waals surface area contributed by atoms with E-state index in [1.54, 1.807) is 0 Å². The second kappa shape index (κ2) is 7.30. The second-order valence-electron chi connectivity index (χ2n) is 6.26. The first-order valence-corrected chi connectivity index (χ1v) is 7.08. The average Bonchev–Trinajstić information content (AvgIpc) is 2.38. The summed E-state index contributed by atoms with van der Waals surface area (Å²) in [5, 5.41) is 0. The molecule has 114 valence electrons. The normalized spacial score (nSPS) is 18.2. The summed E-state index contributed by atoms with van der Waals surface area (Å²) in [5.74, 6) is 1.43. The van der Waals surface area contributed by atoms with Gasteiger partial charge in [-0.15, -0.1) is 12.4 Å². The number of nitrogens with two attached hydrogens (primary N) is 1. The zero-order valence-electron chi connectivity index (χ0n) is 12.6. The third kappa shape index (κ3) is 4.97. The Balaban J connectivity index is 0.00000200. The Bertz CT molecular complexity index is 394. The van der Waals surface area contributed by atoms with Gasteiger partial charge in [0.25, 0.3) is 0 Å². The van der Waals surface area contributed by atoms with E-state index in [0.717, 1.165) is 31.8 Å². The van der Waals surface area contributed by atoms with E-state index in [0.29, 0.717) is 5.92 Å². The van der Waals surface area contributed by atoms with Gasteiger partial charge >= 0.3 is 0 Å². The van der Waals surface area contributed by atoms with Gasteiger partial charge in [-0.25, -0.2) is 0 Å². The van der Waals surface area contributed by atoms with Crippen LogP contribution in [0.4, 0.5) is 0 Å². The van der Waals surface area contributed by atoms with Crippen LogP contribution in [0, 0.1) is 5.92 Å². The summed E-state index contributed by atoms with van der Waals surface area (Å²) in [4.78, 5) is 0. The van der Waals surface area contributed by atoms with Gasteiger partial charge in [-0.05, 0) is 57.2 Å². The molecule has 0 bridgehead atoms. The van der Waals surface area contributed by atoms with E-state index in [2.05, 4.69) is 32.9 Å². The highest BCUT2D eigenvalue weighted by Gasteiger charge is 2.22. The molecule has 1 aromatic rings. The summed E-state index contributed by atoms with van der Waals surface area (Å²) in [6.07, 6.45) is 2.11. The zero-order valence-corrected chi connectivity index (χ0v) is 13.4.